The summed E-state index contributed by atoms with van der Waals surface area (Å²) >= 11 is 5.39. The van der Waals surface area contributed by atoms with E-state index in [-0.39, 0.29) is 11.1 Å². The quantitative estimate of drug-likeness (QED) is 0.587. The van der Waals surface area contributed by atoms with E-state index in [1.54, 1.807) is 37.3 Å². The van der Waals surface area contributed by atoms with E-state index in [1.807, 2.05) is 0 Å². The second-order valence-corrected chi connectivity index (χ2v) is 5.43. The lowest BCUT2D eigenvalue weighted by Gasteiger charge is -2.00. The number of rotatable bonds is 3. The van der Waals surface area contributed by atoms with E-state index in [1.165, 1.54) is 16.9 Å². The van der Waals surface area contributed by atoms with Crippen LogP contribution in [0.5, 0.6) is 0 Å². The van der Waals surface area contributed by atoms with Crippen molar-refractivity contribution in [3.63, 3.8) is 0 Å². The lowest BCUT2D eigenvalue weighted by Crippen LogP contribution is -2.17. The minimum Gasteiger partial charge on any atom is -0.293 e. The van der Waals surface area contributed by atoms with Gasteiger partial charge in [-0.3, -0.25) is 14.7 Å². The fourth-order valence-electron chi connectivity index (χ4n) is 2.39. The molecule has 2 heterocycles. The number of nitrogens with one attached hydrogen (secondary N) is 1. The van der Waals surface area contributed by atoms with Gasteiger partial charge in [0.1, 0.15) is 0 Å². The summed E-state index contributed by atoms with van der Waals surface area (Å²) in [5.41, 5.74) is 2.40. The highest BCUT2D eigenvalue weighted by Gasteiger charge is 2.15. The minimum absolute atomic E-state index is 0.256. The van der Waals surface area contributed by atoms with Crippen LogP contribution < -0.4 is 5.56 Å². The van der Waals surface area contributed by atoms with Gasteiger partial charge in [-0.05, 0) is 36.2 Å². The Morgan fingerprint density at radius 1 is 1.25 bits per heavy atom. The van der Waals surface area contributed by atoms with Crippen LogP contribution in [-0.2, 0) is 0 Å². The Kier molecular flexibility index (Phi) is 4.02. The molecule has 6 nitrogen and oxygen atoms in total. The third kappa shape index (κ3) is 2.73. The van der Waals surface area contributed by atoms with E-state index < -0.39 is 5.24 Å². The van der Waals surface area contributed by atoms with Crippen LogP contribution in [0.15, 0.2) is 47.4 Å². The zero-order valence-electron chi connectivity index (χ0n) is 12.6. The molecular formula is C17H11ClN4O2. The van der Waals surface area contributed by atoms with Crippen molar-refractivity contribution in [2.24, 2.45) is 0 Å². The smallest absolute Gasteiger partial charge is 0.280 e. The minimum atomic E-state index is -0.607. The molecule has 7 heteroatoms. The fraction of sp³-hybridized carbons (Fsp3) is 0.0588. The van der Waals surface area contributed by atoms with Crippen LogP contribution >= 0.6 is 11.6 Å². The number of hydrogen-bond acceptors (Lipinski definition) is 3. The highest BCUT2D eigenvalue weighted by Crippen LogP contribution is 2.22. The van der Waals surface area contributed by atoms with Gasteiger partial charge in [-0.15, -0.1) is 0 Å². The molecule has 0 amide bonds. The predicted molar refractivity (Wildman–Crippen MR) is 90.8 cm³/mol. The number of carbonyl (C=O) groups excluding carboxylic acids is 1. The Balaban J connectivity index is 2.07. The highest BCUT2D eigenvalue weighted by atomic mass is 35.5. The average Bonchev–Trinajstić information content (AvgIpc) is 2.89. The lowest BCUT2D eigenvalue weighted by atomic mass is 10.1. The molecule has 0 aliphatic carbocycles. The van der Waals surface area contributed by atoms with E-state index in [0.29, 0.717) is 28.3 Å². The van der Waals surface area contributed by atoms with Gasteiger partial charge >= 0.3 is 0 Å². The molecule has 1 N–H and O–H groups in total. The van der Waals surface area contributed by atoms with Crippen LogP contribution in [0.25, 0.3) is 21.8 Å². The maximum atomic E-state index is 12.7. The molecule has 0 atom stereocenters. The zero-order valence-corrected chi connectivity index (χ0v) is 13.3. The number of H-pyrrole nitrogens is 1. The molecule has 0 radical (unpaired) electrons. The first-order chi connectivity index (χ1) is 11.5. The first-order valence-electron chi connectivity index (χ1n) is 6.97. The Morgan fingerprint density at radius 2 is 1.96 bits per heavy atom. The average molecular weight is 339 g/mol. The monoisotopic (exact) mass is 338 g/mol. The Bertz CT molecular complexity index is 1010. The summed E-state index contributed by atoms with van der Waals surface area (Å²) in [4.78, 5) is 31.2. The number of carbonyl (C=O) groups is 1. The summed E-state index contributed by atoms with van der Waals surface area (Å²) in [6.45, 7) is 8.76. The van der Waals surface area contributed by atoms with Crippen LogP contribution in [0.3, 0.4) is 0 Å². The molecule has 0 saturated carbocycles. The maximum Gasteiger partial charge on any atom is 0.280 e. The van der Waals surface area contributed by atoms with Crippen LogP contribution in [-0.4, -0.2) is 20.0 Å². The number of aromatic nitrogens is 3. The van der Waals surface area contributed by atoms with Crippen molar-refractivity contribution >= 4 is 22.5 Å². The van der Waals surface area contributed by atoms with Crippen molar-refractivity contribution in [3.05, 3.63) is 75.6 Å². The molecule has 0 bridgehead atoms. The normalized spacial score (nSPS) is 10.4. The van der Waals surface area contributed by atoms with Crippen LogP contribution in [0.2, 0.25) is 0 Å². The summed E-state index contributed by atoms with van der Waals surface area (Å²) in [6, 6.07) is 9.84. The summed E-state index contributed by atoms with van der Waals surface area (Å²) in [5, 5.41) is 2.36. The van der Waals surface area contributed by atoms with Crippen LogP contribution in [0.4, 0.5) is 5.69 Å². The molecule has 0 aliphatic rings. The number of halogens is 1. The van der Waals surface area contributed by atoms with Crippen LogP contribution in [0.1, 0.15) is 16.1 Å². The van der Waals surface area contributed by atoms with Gasteiger partial charge in [0.2, 0.25) is 0 Å². The lowest BCUT2D eigenvalue weighted by molar-refractivity contribution is 0.108. The van der Waals surface area contributed by atoms with Gasteiger partial charge in [-0.1, -0.05) is 24.3 Å². The molecular weight excluding hydrogens is 328 g/mol. The first kappa shape index (κ1) is 15.7. The Hall–Kier alpha value is -3.17. The van der Waals surface area contributed by atoms with Gasteiger partial charge in [-0.2, -0.15) is 0 Å². The Labute approximate surface area is 142 Å². The van der Waals surface area contributed by atoms with Crippen molar-refractivity contribution in [2.75, 3.05) is 0 Å². The third-order valence-corrected chi connectivity index (χ3v) is 3.78. The maximum absolute atomic E-state index is 12.7. The van der Waals surface area contributed by atoms with Crippen molar-refractivity contribution in [1.82, 2.24) is 14.8 Å². The first-order valence-corrected chi connectivity index (χ1v) is 7.35. The van der Waals surface area contributed by atoms with E-state index >= 15 is 0 Å². The number of benzene rings is 1. The van der Waals surface area contributed by atoms with Gasteiger partial charge in [0.25, 0.3) is 10.8 Å². The highest BCUT2D eigenvalue weighted by molar-refractivity contribution is 6.67. The van der Waals surface area contributed by atoms with Crippen LogP contribution in [0, 0.1) is 13.5 Å². The predicted octanol–water partition coefficient (Wildman–Crippen LogP) is 3.47. The summed E-state index contributed by atoms with van der Waals surface area (Å²) in [5.74, 6) is 0.355. The topological polar surface area (TPSA) is 72.1 Å². The van der Waals surface area contributed by atoms with E-state index in [4.69, 9.17) is 18.2 Å². The molecule has 0 spiro atoms. The largest absolute Gasteiger partial charge is 0.293 e. The number of nitrogens with zero attached hydrogens (tertiary/aromatic N) is 3. The number of hydrogen-bond donors (Lipinski definition) is 1. The van der Waals surface area contributed by atoms with Gasteiger partial charge in [0.15, 0.2) is 11.5 Å². The van der Waals surface area contributed by atoms with Gasteiger partial charge in [0, 0.05) is 11.9 Å². The molecule has 0 saturated heterocycles. The van der Waals surface area contributed by atoms with E-state index in [2.05, 4.69) is 14.9 Å². The summed E-state index contributed by atoms with van der Waals surface area (Å²) in [7, 11) is 0. The Morgan fingerprint density at radius 3 is 2.50 bits per heavy atom. The molecule has 0 aliphatic heterocycles. The SMILES string of the molecule is [C-]#[N+]c1ccc(-c2c(C)[nH]n(-c3ccc(C(=O)Cl)cn3)c2=O)cc1. The molecule has 3 aromatic rings. The van der Waals surface area contributed by atoms with Crippen molar-refractivity contribution < 1.29 is 4.79 Å². The second-order valence-electron chi connectivity index (χ2n) is 5.09. The van der Waals surface area contributed by atoms with Crippen molar-refractivity contribution in [3.8, 4) is 16.9 Å². The van der Waals surface area contributed by atoms with Crippen molar-refractivity contribution in [1.29, 1.82) is 0 Å². The molecule has 24 heavy (non-hydrogen) atoms. The molecule has 3 rings (SSSR count). The number of aromatic amines is 1. The van der Waals surface area contributed by atoms with Gasteiger partial charge in [-0.25, -0.2) is 14.5 Å². The van der Waals surface area contributed by atoms with Gasteiger partial charge in [0.05, 0.1) is 17.7 Å². The summed E-state index contributed by atoms with van der Waals surface area (Å²) in [6.07, 6.45) is 1.32. The zero-order chi connectivity index (χ0) is 17.3. The number of pyridine rings is 1. The molecule has 118 valence electrons. The number of aryl methyl sites for hydroxylation is 1. The second kappa shape index (κ2) is 6.14. The molecule has 0 fully saturated rings. The molecule has 0 unspecified atom stereocenters. The molecule has 2 aromatic heterocycles. The third-order valence-electron chi connectivity index (χ3n) is 3.56. The van der Waals surface area contributed by atoms with Crippen molar-refractivity contribution in [2.45, 2.75) is 6.92 Å². The fourth-order valence-corrected chi connectivity index (χ4v) is 2.50. The standard InChI is InChI=1S/C17H11ClN4O2/c1-10-15(11-3-6-13(19-2)7-4-11)17(24)22(21-10)14-8-5-12(9-20-14)16(18)23/h3-9,21H,1H3. The van der Waals surface area contributed by atoms with E-state index in [9.17, 15) is 9.59 Å². The summed E-state index contributed by atoms with van der Waals surface area (Å²) < 4.78 is 1.30. The van der Waals surface area contributed by atoms with E-state index in [0.717, 1.165) is 0 Å². The molecule has 1 aromatic carbocycles. The van der Waals surface area contributed by atoms with Gasteiger partial charge < -0.3 is 0 Å².